The molecule has 0 amide bonds. The lowest BCUT2D eigenvalue weighted by Crippen LogP contribution is -2.67. The molecule has 3 aliphatic carbocycles. The van der Waals surface area contributed by atoms with Gasteiger partial charge < -0.3 is 34.6 Å². The van der Waals surface area contributed by atoms with E-state index in [-0.39, 0.29) is 23.8 Å². The molecule has 5 atom stereocenters. The third-order valence-electron chi connectivity index (χ3n) is 7.94. The van der Waals surface area contributed by atoms with Gasteiger partial charge in [-0.25, -0.2) is 4.79 Å². The SMILES string of the molecule is O=C(O)C[C@H](OC(=O)CCC(=O)OC1=CC[C@@]2(O)[C@@H]3CCC[C@@]24c2c(ccc(O)c2O[C@@H]14)C3)C(=O)O. The fourth-order valence-electron chi connectivity index (χ4n) is 6.47. The minimum atomic E-state index is -1.86. The van der Waals surface area contributed by atoms with Crippen LogP contribution >= 0.6 is 0 Å². The van der Waals surface area contributed by atoms with Crippen molar-refractivity contribution in [1.82, 2.24) is 0 Å². The summed E-state index contributed by atoms with van der Waals surface area (Å²) < 4.78 is 16.4. The van der Waals surface area contributed by atoms with Gasteiger partial charge in [0, 0.05) is 5.56 Å². The molecular weight excluding hydrogens is 476 g/mol. The van der Waals surface area contributed by atoms with Gasteiger partial charge >= 0.3 is 23.9 Å². The van der Waals surface area contributed by atoms with Crippen molar-refractivity contribution in [3.63, 3.8) is 0 Å². The maximum absolute atomic E-state index is 12.6. The number of aliphatic carboxylic acids is 2. The Kier molecular flexibility index (Phi) is 5.70. The minimum absolute atomic E-state index is 0.00315. The highest BCUT2D eigenvalue weighted by Gasteiger charge is 2.70. The van der Waals surface area contributed by atoms with Gasteiger partial charge in [-0.3, -0.25) is 14.4 Å². The van der Waals surface area contributed by atoms with Crippen LogP contribution in [0.2, 0.25) is 0 Å². The Hall–Kier alpha value is -3.60. The second kappa shape index (κ2) is 8.51. The minimum Gasteiger partial charge on any atom is -0.504 e. The summed E-state index contributed by atoms with van der Waals surface area (Å²) in [5, 5.41) is 40.2. The van der Waals surface area contributed by atoms with Crippen LogP contribution in [0, 0.1) is 5.92 Å². The van der Waals surface area contributed by atoms with Gasteiger partial charge in [-0.2, -0.15) is 0 Å². The number of aromatic hydroxyl groups is 1. The fraction of sp³-hybridized carbons (Fsp3) is 0.520. The summed E-state index contributed by atoms with van der Waals surface area (Å²) in [6.07, 6.45) is 0.279. The van der Waals surface area contributed by atoms with Crippen molar-refractivity contribution in [3.8, 4) is 11.5 Å². The Morgan fingerprint density at radius 2 is 1.89 bits per heavy atom. The van der Waals surface area contributed by atoms with Crippen LogP contribution in [0.1, 0.15) is 56.1 Å². The van der Waals surface area contributed by atoms with Crippen molar-refractivity contribution in [3.05, 3.63) is 35.1 Å². The molecule has 192 valence electrons. The number of aliphatic hydroxyl groups is 1. The van der Waals surface area contributed by atoms with Gasteiger partial charge in [0.15, 0.2) is 17.6 Å². The average molecular weight is 502 g/mol. The molecule has 0 unspecified atom stereocenters. The number of carboxylic acids is 2. The highest BCUT2D eigenvalue weighted by molar-refractivity contribution is 5.84. The summed E-state index contributed by atoms with van der Waals surface area (Å²) in [7, 11) is 0. The number of rotatable bonds is 8. The van der Waals surface area contributed by atoms with E-state index in [4.69, 9.17) is 19.7 Å². The number of phenolic OH excluding ortho intramolecular Hbond substituents is 1. The largest absolute Gasteiger partial charge is 0.504 e. The zero-order valence-electron chi connectivity index (χ0n) is 19.3. The third-order valence-corrected chi connectivity index (χ3v) is 7.94. The maximum atomic E-state index is 12.6. The van der Waals surface area contributed by atoms with Crippen molar-refractivity contribution in [1.29, 1.82) is 0 Å². The van der Waals surface area contributed by atoms with Crippen LogP contribution in [0.25, 0.3) is 0 Å². The van der Waals surface area contributed by atoms with E-state index < -0.39 is 66.4 Å². The first-order valence-electron chi connectivity index (χ1n) is 11.9. The van der Waals surface area contributed by atoms with Crippen LogP contribution in [-0.2, 0) is 40.5 Å². The number of phenols is 1. The number of esters is 2. The van der Waals surface area contributed by atoms with Gasteiger partial charge in [0.05, 0.1) is 30.3 Å². The zero-order valence-corrected chi connectivity index (χ0v) is 19.3. The molecule has 0 aromatic heterocycles. The molecule has 36 heavy (non-hydrogen) atoms. The predicted octanol–water partition coefficient (Wildman–Crippen LogP) is 1.56. The number of carbonyl (C=O) groups excluding carboxylic acids is 2. The Bertz CT molecular complexity index is 1190. The lowest BCUT2D eigenvalue weighted by Gasteiger charge is -2.59. The fourth-order valence-corrected chi connectivity index (χ4v) is 6.47. The monoisotopic (exact) mass is 502 g/mol. The number of hydrogen-bond donors (Lipinski definition) is 4. The number of benzene rings is 1. The van der Waals surface area contributed by atoms with E-state index in [0.29, 0.717) is 18.6 Å². The van der Waals surface area contributed by atoms with Gasteiger partial charge in [0.25, 0.3) is 0 Å². The van der Waals surface area contributed by atoms with E-state index in [1.165, 1.54) is 0 Å². The van der Waals surface area contributed by atoms with E-state index in [0.717, 1.165) is 24.0 Å². The molecule has 1 aromatic carbocycles. The molecule has 11 heteroatoms. The maximum Gasteiger partial charge on any atom is 0.345 e. The van der Waals surface area contributed by atoms with E-state index in [9.17, 15) is 29.4 Å². The summed E-state index contributed by atoms with van der Waals surface area (Å²) in [5.74, 6) is -4.46. The van der Waals surface area contributed by atoms with Crippen LogP contribution in [0.5, 0.6) is 11.5 Å². The van der Waals surface area contributed by atoms with Crippen LogP contribution in [0.15, 0.2) is 24.0 Å². The number of carboxylic acid groups (broad SMARTS) is 2. The highest BCUT2D eigenvalue weighted by Crippen LogP contribution is 2.67. The standard InChI is InChI=1S/C25H26O11/c26-14-4-3-12-10-13-2-1-8-24-20(12)21(14)36-22(24)15(7-9-25(13,24)33)34-18(29)5-6-19(30)35-16(23(31)32)11-17(27)28/h3-4,7,13,16,22,26,33H,1-2,5-6,8-11H2,(H,27,28)(H,31,32)/t13-,16+,22+,24+,25-/m1/s1. The van der Waals surface area contributed by atoms with Crippen molar-refractivity contribution in [2.75, 3.05) is 0 Å². The molecule has 1 spiro atoms. The lowest BCUT2D eigenvalue weighted by molar-refractivity contribution is -0.168. The molecule has 2 bridgehead atoms. The number of carbonyl (C=O) groups is 4. The molecule has 1 saturated carbocycles. The summed E-state index contributed by atoms with van der Waals surface area (Å²) >= 11 is 0. The first-order valence-corrected chi connectivity index (χ1v) is 11.9. The van der Waals surface area contributed by atoms with Crippen LogP contribution in [-0.4, -0.2) is 62.1 Å². The van der Waals surface area contributed by atoms with Crippen LogP contribution in [0.3, 0.4) is 0 Å². The first kappa shape index (κ1) is 24.1. The van der Waals surface area contributed by atoms with Gasteiger partial charge in [0.2, 0.25) is 6.10 Å². The van der Waals surface area contributed by atoms with Gasteiger partial charge in [-0.05, 0) is 49.3 Å². The molecule has 11 nitrogen and oxygen atoms in total. The molecule has 1 aliphatic heterocycles. The molecular formula is C25H26O11. The second-order valence-electron chi connectivity index (χ2n) is 9.83. The smallest absolute Gasteiger partial charge is 0.345 e. The second-order valence-corrected chi connectivity index (χ2v) is 9.83. The van der Waals surface area contributed by atoms with Crippen molar-refractivity contribution < 1.29 is 53.8 Å². The molecule has 1 heterocycles. The number of ether oxygens (including phenoxy) is 3. The van der Waals surface area contributed by atoms with E-state index in [2.05, 4.69) is 4.74 Å². The van der Waals surface area contributed by atoms with Crippen molar-refractivity contribution >= 4 is 23.9 Å². The molecule has 5 rings (SSSR count). The summed E-state index contributed by atoms with van der Waals surface area (Å²) in [5.41, 5.74) is -0.206. The quantitative estimate of drug-likeness (QED) is 0.379. The molecule has 1 aromatic rings. The predicted molar refractivity (Wildman–Crippen MR) is 118 cm³/mol. The van der Waals surface area contributed by atoms with Gasteiger partial charge in [0.1, 0.15) is 5.76 Å². The Labute approximate surface area is 205 Å². The Morgan fingerprint density at radius 3 is 2.61 bits per heavy atom. The van der Waals surface area contributed by atoms with E-state index in [1.54, 1.807) is 12.1 Å². The molecule has 1 fully saturated rings. The summed E-state index contributed by atoms with van der Waals surface area (Å²) in [4.78, 5) is 46.4. The molecule has 4 N–H and O–H groups in total. The number of hydrogen-bond acceptors (Lipinski definition) is 9. The average Bonchev–Trinajstić information content (AvgIpc) is 3.15. The van der Waals surface area contributed by atoms with E-state index in [1.807, 2.05) is 6.07 Å². The molecule has 4 aliphatic rings. The highest BCUT2D eigenvalue weighted by atomic mass is 16.6. The topological polar surface area (TPSA) is 177 Å². The molecule has 0 radical (unpaired) electrons. The normalized spacial score (nSPS) is 29.8. The summed E-state index contributed by atoms with van der Waals surface area (Å²) in [6, 6.07) is 3.42. The van der Waals surface area contributed by atoms with Gasteiger partial charge in [-0.15, -0.1) is 0 Å². The Morgan fingerprint density at radius 1 is 1.14 bits per heavy atom. The lowest BCUT2D eigenvalue weighted by atomic mass is 9.47. The Balaban J connectivity index is 1.32. The molecule has 0 saturated heterocycles. The van der Waals surface area contributed by atoms with Gasteiger partial charge in [-0.1, -0.05) is 12.5 Å². The van der Waals surface area contributed by atoms with Crippen molar-refractivity contribution in [2.45, 2.75) is 74.6 Å². The van der Waals surface area contributed by atoms with E-state index >= 15 is 0 Å². The van der Waals surface area contributed by atoms with Crippen LogP contribution < -0.4 is 4.74 Å². The zero-order chi connectivity index (χ0) is 25.8. The van der Waals surface area contributed by atoms with Crippen LogP contribution in [0.4, 0.5) is 0 Å². The third kappa shape index (κ3) is 3.52. The van der Waals surface area contributed by atoms with Crippen molar-refractivity contribution in [2.24, 2.45) is 5.92 Å². The first-order chi connectivity index (χ1) is 17.1. The summed E-state index contributed by atoms with van der Waals surface area (Å²) in [6.45, 7) is 0.